The van der Waals surface area contributed by atoms with Crippen molar-refractivity contribution in [2.24, 2.45) is 0 Å². The third-order valence-corrected chi connectivity index (χ3v) is 3.23. The number of carbonyl (C=O) groups is 1. The summed E-state index contributed by atoms with van der Waals surface area (Å²) >= 11 is 2.19. The Bertz CT molecular complexity index is 499. The zero-order valence-electron chi connectivity index (χ0n) is 10.9. The van der Waals surface area contributed by atoms with E-state index in [-0.39, 0.29) is 25.4 Å². The molecule has 0 aliphatic heterocycles. The van der Waals surface area contributed by atoms with Crippen LogP contribution >= 0.6 is 22.6 Å². The van der Waals surface area contributed by atoms with Gasteiger partial charge >= 0.3 is 0 Å². The maximum absolute atomic E-state index is 12.0. The average Bonchev–Trinajstić information content (AvgIpc) is 2.46. The van der Waals surface area contributed by atoms with Crippen LogP contribution in [0.1, 0.15) is 12.8 Å². The summed E-state index contributed by atoms with van der Waals surface area (Å²) in [6.45, 7) is 0.567. The molecule has 6 heteroatoms. The molecule has 0 aliphatic rings. The van der Waals surface area contributed by atoms with Gasteiger partial charge < -0.3 is 9.64 Å². The predicted molar refractivity (Wildman–Crippen MR) is 81.7 cm³/mol. The van der Waals surface area contributed by atoms with Gasteiger partial charge in [0.25, 0.3) is 5.91 Å². The predicted octanol–water partition coefficient (Wildman–Crippen LogP) is 2.33. The Hall–Kier alpha value is -1.80. The monoisotopic (exact) mass is 383 g/mol. The van der Waals surface area contributed by atoms with E-state index in [2.05, 4.69) is 22.6 Å². The summed E-state index contributed by atoms with van der Waals surface area (Å²) in [4.78, 5) is 13.5. The molecule has 0 unspecified atom stereocenters. The van der Waals surface area contributed by atoms with E-state index in [4.69, 9.17) is 15.3 Å². The van der Waals surface area contributed by atoms with Crippen LogP contribution in [0.2, 0.25) is 0 Å². The zero-order chi connectivity index (χ0) is 14.8. The van der Waals surface area contributed by atoms with Crippen LogP contribution in [0.5, 0.6) is 5.75 Å². The van der Waals surface area contributed by atoms with Crippen molar-refractivity contribution < 1.29 is 9.53 Å². The standard InChI is InChI=1S/C14H14IN3O2/c15-12-3-5-13(6-4-12)20-11-14(19)18(9-1-7-16)10-2-8-17/h3-6H,1-2,9-11H2. The zero-order valence-corrected chi connectivity index (χ0v) is 13.0. The van der Waals surface area contributed by atoms with Crippen molar-refractivity contribution in [1.82, 2.24) is 4.90 Å². The first kappa shape index (κ1) is 16.3. The Morgan fingerprint density at radius 2 is 1.70 bits per heavy atom. The molecule has 0 N–H and O–H groups in total. The molecule has 104 valence electrons. The molecule has 5 nitrogen and oxygen atoms in total. The van der Waals surface area contributed by atoms with Gasteiger partial charge in [0.15, 0.2) is 6.61 Å². The van der Waals surface area contributed by atoms with Gasteiger partial charge in [0.1, 0.15) is 5.75 Å². The van der Waals surface area contributed by atoms with Crippen molar-refractivity contribution in [2.45, 2.75) is 12.8 Å². The Morgan fingerprint density at radius 3 is 2.20 bits per heavy atom. The average molecular weight is 383 g/mol. The highest BCUT2D eigenvalue weighted by Crippen LogP contribution is 2.13. The van der Waals surface area contributed by atoms with Crippen molar-refractivity contribution in [3.8, 4) is 17.9 Å². The van der Waals surface area contributed by atoms with Crippen molar-refractivity contribution in [1.29, 1.82) is 10.5 Å². The third kappa shape index (κ3) is 5.89. The molecule has 0 spiro atoms. The molecule has 1 rings (SSSR count). The summed E-state index contributed by atoms with van der Waals surface area (Å²) in [6.07, 6.45) is 0.501. The topological polar surface area (TPSA) is 77.1 Å². The number of carbonyl (C=O) groups excluding carboxylic acids is 1. The van der Waals surface area contributed by atoms with E-state index in [9.17, 15) is 4.79 Å². The number of rotatable bonds is 7. The number of nitrogens with zero attached hydrogens (tertiary/aromatic N) is 3. The molecule has 1 aromatic rings. The fourth-order valence-corrected chi connectivity index (χ4v) is 1.86. The first-order chi connectivity index (χ1) is 9.67. The van der Waals surface area contributed by atoms with Crippen molar-refractivity contribution in [2.75, 3.05) is 19.7 Å². The van der Waals surface area contributed by atoms with E-state index in [0.717, 1.165) is 3.57 Å². The second kappa shape index (κ2) is 9.16. The molecule has 0 aromatic heterocycles. The van der Waals surface area contributed by atoms with Crippen LogP contribution in [-0.4, -0.2) is 30.5 Å². The smallest absolute Gasteiger partial charge is 0.260 e. The largest absolute Gasteiger partial charge is 0.484 e. The van der Waals surface area contributed by atoms with Crippen LogP contribution in [-0.2, 0) is 4.79 Å². The molecule has 0 bridgehead atoms. The Labute approximate surface area is 131 Å². The summed E-state index contributed by atoms with van der Waals surface area (Å²) in [5.41, 5.74) is 0. The number of amides is 1. The van der Waals surface area contributed by atoms with E-state index < -0.39 is 0 Å². The molecule has 0 atom stereocenters. The van der Waals surface area contributed by atoms with Gasteiger partial charge in [-0.1, -0.05) is 0 Å². The lowest BCUT2D eigenvalue weighted by Crippen LogP contribution is -2.36. The Morgan fingerprint density at radius 1 is 1.15 bits per heavy atom. The van der Waals surface area contributed by atoms with E-state index in [1.54, 1.807) is 12.1 Å². The Balaban J connectivity index is 2.50. The van der Waals surface area contributed by atoms with Gasteiger partial charge in [-0.05, 0) is 46.9 Å². The summed E-state index contributed by atoms with van der Waals surface area (Å²) < 4.78 is 6.49. The molecule has 0 fully saturated rings. The van der Waals surface area contributed by atoms with Gasteiger partial charge in [0.05, 0.1) is 25.0 Å². The SMILES string of the molecule is N#CCCN(CCC#N)C(=O)COc1ccc(I)cc1. The minimum Gasteiger partial charge on any atom is -0.484 e. The quantitative estimate of drug-likeness (QED) is 0.678. The Kier molecular flexibility index (Phi) is 7.44. The molecular weight excluding hydrogens is 369 g/mol. The van der Waals surface area contributed by atoms with Crippen molar-refractivity contribution >= 4 is 28.5 Å². The number of benzene rings is 1. The number of hydrogen-bond donors (Lipinski definition) is 0. The highest BCUT2D eigenvalue weighted by Gasteiger charge is 2.13. The summed E-state index contributed by atoms with van der Waals surface area (Å²) in [5.74, 6) is 0.410. The molecule has 20 heavy (non-hydrogen) atoms. The fourth-order valence-electron chi connectivity index (χ4n) is 1.50. The highest BCUT2D eigenvalue weighted by atomic mass is 127. The van der Waals surface area contributed by atoms with Crippen molar-refractivity contribution in [3.05, 3.63) is 27.8 Å². The van der Waals surface area contributed by atoms with E-state index in [1.807, 2.05) is 24.3 Å². The lowest BCUT2D eigenvalue weighted by atomic mass is 10.3. The minimum atomic E-state index is -0.214. The number of nitriles is 2. The van der Waals surface area contributed by atoms with Crippen molar-refractivity contribution in [3.63, 3.8) is 0 Å². The highest BCUT2D eigenvalue weighted by molar-refractivity contribution is 14.1. The first-order valence-electron chi connectivity index (χ1n) is 6.07. The lowest BCUT2D eigenvalue weighted by molar-refractivity contribution is -0.133. The van der Waals surface area contributed by atoms with Gasteiger partial charge in [-0.15, -0.1) is 0 Å². The van der Waals surface area contributed by atoms with Crippen LogP contribution in [0.25, 0.3) is 0 Å². The maximum atomic E-state index is 12.0. The summed E-state index contributed by atoms with van der Waals surface area (Å²) in [5, 5.41) is 17.1. The normalized spacial score (nSPS) is 9.35. The van der Waals surface area contributed by atoms with Gasteiger partial charge in [0.2, 0.25) is 0 Å². The minimum absolute atomic E-state index is 0.0859. The molecule has 0 aliphatic carbocycles. The van der Waals surface area contributed by atoms with Crippen LogP contribution in [0.3, 0.4) is 0 Å². The lowest BCUT2D eigenvalue weighted by Gasteiger charge is -2.20. The summed E-state index contributed by atoms with van der Waals surface area (Å²) in [7, 11) is 0. The number of hydrogen-bond acceptors (Lipinski definition) is 4. The maximum Gasteiger partial charge on any atom is 0.260 e. The second-order valence-electron chi connectivity index (χ2n) is 3.94. The summed E-state index contributed by atoms with van der Waals surface area (Å²) in [6, 6.07) is 11.4. The third-order valence-electron chi connectivity index (χ3n) is 2.52. The molecular formula is C14H14IN3O2. The van der Waals surface area contributed by atoms with Crippen LogP contribution in [0.4, 0.5) is 0 Å². The van der Waals surface area contributed by atoms with Gasteiger partial charge in [-0.3, -0.25) is 4.79 Å². The van der Waals surface area contributed by atoms with Crippen LogP contribution in [0, 0.1) is 26.2 Å². The molecule has 0 saturated heterocycles. The van der Waals surface area contributed by atoms with E-state index >= 15 is 0 Å². The van der Waals surface area contributed by atoms with Crippen LogP contribution < -0.4 is 4.74 Å². The second-order valence-corrected chi connectivity index (χ2v) is 5.19. The molecule has 0 radical (unpaired) electrons. The number of halogens is 1. The molecule has 0 saturated carbocycles. The number of ether oxygens (including phenoxy) is 1. The molecule has 1 aromatic carbocycles. The van der Waals surface area contributed by atoms with Crippen LogP contribution in [0.15, 0.2) is 24.3 Å². The van der Waals surface area contributed by atoms with Gasteiger partial charge in [-0.2, -0.15) is 10.5 Å². The van der Waals surface area contributed by atoms with Gasteiger partial charge in [-0.25, -0.2) is 0 Å². The molecule has 1 amide bonds. The van der Waals surface area contributed by atoms with E-state index in [0.29, 0.717) is 18.8 Å². The van der Waals surface area contributed by atoms with Gasteiger partial charge in [0, 0.05) is 16.7 Å². The van der Waals surface area contributed by atoms with E-state index in [1.165, 1.54) is 4.90 Å². The fraction of sp³-hybridized carbons (Fsp3) is 0.357. The molecule has 0 heterocycles. The first-order valence-corrected chi connectivity index (χ1v) is 7.15.